The van der Waals surface area contributed by atoms with Gasteiger partial charge in [0.15, 0.2) is 0 Å². The van der Waals surface area contributed by atoms with E-state index in [1.165, 1.54) is 310 Å². The van der Waals surface area contributed by atoms with E-state index < -0.39 is 0 Å². The fraction of sp³-hybridized carbons (Fsp3) is 0.460. The summed E-state index contributed by atoms with van der Waals surface area (Å²) in [6, 6.07) is 78.4. The van der Waals surface area contributed by atoms with Gasteiger partial charge in [-0.1, -0.05) is 316 Å². The number of benzene rings is 9. The maximum atomic E-state index is 2.89. The van der Waals surface area contributed by atoms with Crippen LogP contribution in [0.5, 0.6) is 0 Å². The van der Waals surface area contributed by atoms with Gasteiger partial charge in [0.25, 0.3) is 0 Å². The molecule has 0 aliphatic heterocycles. The largest absolute Gasteiger partial charge is 0.310 e. The summed E-state index contributed by atoms with van der Waals surface area (Å²) < 4.78 is 0. The molecule has 9 aromatic carbocycles. The van der Waals surface area contributed by atoms with E-state index >= 15 is 0 Å². The molecule has 1 unspecified atom stereocenters. The van der Waals surface area contributed by atoms with Crippen molar-refractivity contribution in [3.63, 3.8) is 0 Å². The summed E-state index contributed by atoms with van der Waals surface area (Å²) in [5.41, 5.74) is 31.3. The third-order valence-corrected chi connectivity index (χ3v) is 25.8. The molecule has 15 rings (SSSR count). The van der Waals surface area contributed by atoms with Crippen molar-refractivity contribution in [2.24, 2.45) is 0 Å². The van der Waals surface area contributed by atoms with Crippen molar-refractivity contribution >= 4 is 34.1 Å². The fourth-order valence-electron chi connectivity index (χ4n) is 20.4. The highest BCUT2D eigenvalue weighted by molar-refractivity contribution is 5.95. The van der Waals surface area contributed by atoms with E-state index in [1.807, 2.05) is 0 Å². The number of rotatable bonds is 38. The molecule has 0 saturated heterocycles. The smallest absolute Gasteiger partial charge is 0.0540 e. The lowest BCUT2D eigenvalue weighted by molar-refractivity contribution is 0.359. The molecule has 9 aromatic rings. The molecule has 1 fully saturated rings. The minimum atomic E-state index is -0.143. The molecule has 0 amide bonds. The minimum Gasteiger partial charge on any atom is -0.310 e. The van der Waals surface area contributed by atoms with Gasteiger partial charge in [-0.25, -0.2) is 0 Å². The quantitative estimate of drug-likeness (QED) is 0.0356. The number of aryl methyl sites for hydroxylation is 1. The van der Waals surface area contributed by atoms with Gasteiger partial charge in [0.1, 0.15) is 0 Å². The first-order valence-electron chi connectivity index (χ1n) is 42.0. The first kappa shape index (κ1) is 71.6. The maximum absolute atomic E-state index is 2.89. The van der Waals surface area contributed by atoms with E-state index in [-0.39, 0.29) is 10.8 Å². The summed E-state index contributed by atoms with van der Waals surface area (Å²) in [7, 11) is 0. The van der Waals surface area contributed by atoms with Gasteiger partial charge < -0.3 is 9.80 Å². The molecule has 1 atom stereocenters. The number of para-hydroxylation sites is 4. The predicted molar refractivity (Wildman–Crippen MR) is 441 cm³/mol. The van der Waals surface area contributed by atoms with Crippen LogP contribution in [0.1, 0.15) is 322 Å². The van der Waals surface area contributed by atoms with E-state index in [0.29, 0.717) is 11.8 Å². The van der Waals surface area contributed by atoms with Crippen molar-refractivity contribution in [2.45, 2.75) is 294 Å². The molecule has 1 saturated carbocycles. The summed E-state index contributed by atoms with van der Waals surface area (Å²) in [6.07, 6.45) is 46.2. The van der Waals surface area contributed by atoms with Crippen LogP contribution in [0, 0.1) is 0 Å². The van der Waals surface area contributed by atoms with Crippen LogP contribution in [-0.2, 0) is 17.3 Å². The van der Waals surface area contributed by atoms with E-state index in [2.05, 4.69) is 239 Å². The van der Waals surface area contributed by atoms with Gasteiger partial charge in [-0.15, -0.1) is 0 Å². The lowest BCUT2D eigenvalue weighted by atomic mass is 9.66. The Kier molecular flexibility index (Phi) is 23.9. The zero-order chi connectivity index (χ0) is 69.7. The SMILES string of the molecule is CCCCCCCCC1(CCCCCCCC)c2cc(N(c3ccccc3)c3ccccc3-c3ccc4c(c3)CCC4CCC)ccc2-c2cc3c(cc21)-c1ccc(N(c2ccccc2)c2ccccc2-c2ccc4c(c2)C2CCC4CC2)cc1C3(CCCCCCCC)CCCCCCCC. The summed E-state index contributed by atoms with van der Waals surface area (Å²) >= 11 is 0. The van der Waals surface area contributed by atoms with Crippen LogP contribution in [-0.4, -0.2) is 0 Å². The Balaban J connectivity index is 0.951. The molecule has 0 spiro atoms. The lowest BCUT2D eigenvalue weighted by Crippen LogP contribution is -2.27. The third kappa shape index (κ3) is 14.9. The van der Waals surface area contributed by atoms with E-state index in [4.69, 9.17) is 0 Å². The van der Waals surface area contributed by atoms with Crippen LogP contribution in [0.25, 0.3) is 44.5 Å². The summed E-state index contributed by atoms with van der Waals surface area (Å²) in [5, 5.41) is 0. The van der Waals surface area contributed by atoms with E-state index in [0.717, 1.165) is 5.92 Å². The number of unbranched alkanes of at least 4 members (excludes halogenated alkanes) is 20. The predicted octanol–water partition coefficient (Wildman–Crippen LogP) is 31.1. The average molecular weight is 1350 g/mol. The van der Waals surface area contributed by atoms with Gasteiger partial charge in [0, 0.05) is 44.7 Å². The molecule has 2 nitrogen and oxygen atoms in total. The van der Waals surface area contributed by atoms with Gasteiger partial charge in [-0.2, -0.15) is 0 Å². The minimum absolute atomic E-state index is 0.142. The Morgan fingerprint density at radius 2 is 0.667 bits per heavy atom. The highest BCUT2D eigenvalue weighted by atomic mass is 15.2. The zero-order valence-corrected chi connectivity index (χ0v) is 63.6. The number of anilines is 6. The molecule has 0 heterocycles. The Labute approximate surface area is 617 Å². The van der Waals surface area contributed by atoms with Crippen LogP contribution in [0.2, 0.25) is 0 Å². The van der Waals surface area contributed by atoms with Crippen LogP contribution < -0.4 is 9.80 Å². The maximum Gasteiger partial charge on any atom is 0.0540 e. The summed E-state index contributed by atoms with van der Waals surface area (Å²) in [4.78, 5) is 5.29. The molecule has 102 heavy (non-hydrogen) atoms. The van der Waals surface area contributed by atoms with Crippen LogP contribution in [0.15, 0.2) is 194 Å². The van der Waals surface area contributed by atoms with E-state index in [9.17, 15) is 0 Å². The van der Waals surface area contributed by atoms with E-state index in [1.54, 1.807) is 44.5 Å². The molecular formula is C100H122N2. The average Bonchev–Trinajstić information content (AvgIpc) is 1.53. The number of fused-ring (bicyclic) bond motifs is 9. The Morgan fingerprint density at radius 1 is 0.284 bits per heavy atom. The molecule has 2 bridgehead atoms. The highest BCUT2D eigenvalue weighted by Crippen LogP contribution is 2.63. The number of nitrogens with zero attached hydrogens (tertiary/aromatic N) is 2. The van der Waals surface area contributed by atoms with Gasteiger partial charge in [-0.05, 0) is 239 Å². The van der Waals surface area contributed by atoms with Gasteiger partial charge in [-0.3, -0.25) is 0 Å². The van der Waals surface area contributed by atoms with Crippen LogP contribution >= 0.6 is 0 Å². The fourth-order valence-corrected chi connectivity index (χ4v) is 20.4. The highest BCUT2D eigenvalue weighted by Gasteiger charge is 2.49. The standard InChI is InChI=1S/C100H122N2/c1-6-11-15-19-23-37-64-99(65-38-24-20-16-12-7-2)93-70-82(101(80-42-29-27-30-43-80)97-48-35-33-46-86(97)78-56-60-84-74(41-10-5)54-55-77(84)68-78)58-62-88(93)91-72-96-92(73-95(91)99)89-63-59-83(71-94(89)100(96,66-39-25-21-17-13-8-3)67-40-26-22-18-14-9-4)102(81-44-31-28-32-45-81)98-49-36-34-47-87(98)79-57-61-85-75-50-52-76(53-51-75)90(85)69-79/h27-36,42-49,56-63,68-76H,6-26,37-41,50-55,64-67H2,1-5H3. The second kappa shape index (κ2) is 34.0. The van der Waals surface area contributed by atoms with Crippen molar-refractivity contribution in [2.75, 3.05) is 9.80 Å². The first-order valence-corrected chi connectivity index (χ1v) is 42.0. The first-order chi connectivity index (χ1) is 50.4. The van der Waals surface area contributed by atoms with Crippen LogP contribution in [0.3, 0.4) is 0 Å². The summed E-state index contributed by atoms with van der Waals surface area (Å²) in [6.45, 7) is 11.8. The molecule has 0 N–H and O–H groups in total. The Bertz CT molecular complexity index is 4170. The zero-order valence-electron chi connectivity index (χ0n) is 63.6. The normalized spacial score (nSPS) is 16.9. The van der Waals surface area contributed by atoms with Crippen LogP contribution in [0.4, 0.5) is 34.1 Å². The Hall–Kier alpha value is -7.42. The Morgan fingerprint density at radius 3 is 1.11 bits per heavy atom. The topological polar surface area (TPSA) is 6.48 Å². The van der Waals surface area contributed by atoms with Crippen molar-refractivity contribution in [3.05, 3.63) is 239 Å². The molecule has 6 aliphatic rings. The molecule has 6 aliphatic carbocycles. The van der Waals surface area contributed by atoms with Gasteiger partial charge >= 0.3 is 0 Å². The summed E-state index contributed by atoms with van der Waals surface area (Å²) in [5.74, 6) is 2.10. The molecule has 0 aromatic heterocycles. The second-order valence-corrected chi connectivity index (χ2v) is 32.3. The second-order valence-electron chi connectivity index (χ2n) is 32.3. The molecule has 532 valence electrons. The molecular weight excluding hydrogens is 1230 g/mol. The number of hydrogen-bond donors (Lipinski definition) is 0. The molecule has 0 radical (unpaired) electrons. The molecule has 2 heteroatoms. The van der Waals surface area contributed by atoms with Gasteiger partial charge in [0.05, 0.1) is 11.4 Å². The number of hydrogen-bond acceptors (Lipinski definition) is 2. The third-order valence-electron chi connectivity index (χ3n) is 25.8. The van der Waals surface area contributed by atoms with Crippen molar-refractivity contribution in [3.8, 4) is 44.5 Å². The van der Waals surface area contributed by atoms with Crippen molar-refractivity contribution < 1.29 is 0 Å². The monoisotopic (exact) mass is 1350 g/mol. The van der Waals surface area contributed by atoms with Gasteiger partial charge in [0.2, 0.25) is 0 Å². The van der Waals surface area contributed by atoms with Crippen molar-refractivity contribution in [1.29, 1.82) is 0 Å². The van der Waals surface area contributed by atoms with Crippen molar-refractivity contribution in [1.82, 2.24) is 0 Å². The lowest BCUT2D eigenvalue weighted by Gasteiger charge is -2.38.